The summed E-state index contributed by atoms with van der Waals surface area (Å²) in [5.41, 5.74) is 0. The molecule has 1 aromatic rings. The Morgan fingerprint density at radius 1 is 1.26 bits per heavy atom. The fourth-order valence-electron chi connectivity index (χ4n) is 2.66. The van der Waals surface area contributed by atoms with Crippen molar-refractivity contribution in [3.05, 3.63) is 29.3 Å². The fourth-order valence-corrected chi connectivity index (χ4v) is 3.56. The van der Waals surface area contributed by atoms with Crippen molar-refractivity contribution in [2.24, 2.45) is 0 Å². The monoisotopic (exact) mass is 297 g/mol. The van der Waals surface area contributed by atoms with Crippen molar-refractivity contribution in [2.45, 2.75) is 50.1 Å². The molecule has 2 atom stereocenters. The topological polar surface area (TPSA) is 20.3 Å². The molecule has 19 heavy (non-hydrogen) atoms. The van der Waals surface area contributed by atoms with E-state index in [0.717, 1.165) is 22.8 Å². The summed E-state index contributed by atoms with van der Waals surface area (Å²) in [6, 6.07) is 8.40. The number of thioether (sulfide) groups is 1. The second-order valence-corrected chi connectivity index (χ2v) is 6.66. The molecule has 0 bridgehead atoms. The Labute approximate surface area is 124 Å². The molecule has 1 saturated heterocycles. The van der Waals surface area contributed by atoms with Gasteiger partial charge in [-0.25, -0.2) is 0 Å². The van der Waals surface area contributed by atoms with Gasteiger partial charge in [0, 0.05) is 22.0 Å². The molecule has 104 valence electrons. The zero-order valence-electron chi connectivity index (χ0n) is 11.4. The van der Waals surface area contributed by atoms with E-state index in [4.69, 9.17) is 11.6 Å². The number of benzene rings is 1. The predicted octanol–water partition coefficient (Wildman–Crippen LogP) is 4.22. The second-order valence-electron chi connectivity index (χ2n) is 5.17. The number of hydrogen-bond donors (Lipinski definition) is 0. The summed E-state index contributed by atoms with van der Waals surface area (Å²) in [5, 5.41) is 0.731. The van der Waals surface area contributed by atoms with Crippen molar-refractivity contribution >= 4 is 29.3 Å². The number of halogens is 1. The molecule has 1 aliphatic heterocycles. The summed E-state index contributed by atoms with van der Waals surface area (Å²) < 4.78 is 0. The SMILES string of the molecule is C[C@@H]1CCC[C@@H](C)N1C(=O)CSc1ccc(Cl)cc1. The van der Waals surface area contributed by atoms with Gasteiger partial charge in [-0.15, -0.1) is 11.8 Å². The average molecular weight is 298 g/mol. The highest BCUT2D eigenvalue weighted by Gasteiger charge is 2.28. The third-order valence-electron chi connectivity index (χ3n) is 3.66. The third-order valence-corrected chi connectivity index (χ3v) is 4.91. The van der Waals surface area contributed by atoms with E-state index in [-0.39, 0.29) is 5.91 Å². The van der Waals surface area contributed by atoms with Gasteiger partial charge in [0.2, 0.25) is 5.91 Å². The van der Waals surface area contributed by atoms with Gasteiger partial charge in [0.25, 0.3) is 0 Å². The van der Waals surface area contributed by atoms with Gasteiger partial charge in [0.15, 0.2) is 0 Å². The first-order valence-electron chi connectivity index (χ1n) is 6.77. The Morgan fingerprint density at radius 3 is 2.42 bits per heavy atom. The summed E-state index contributed by atoms with van der Waals surface area (Å²) in [4.78, 5) is 15.5. The van der Waals surface area contributed by atoms with E-state index in [2.05, 4.69) is 18.7 Å². The van der Waals surface area contributed by atoms with E-state index in [1.165, 1.54) is 6.42 Å². The second kappa shape index (κ2) is 6.67. The highest BCUT2D eigenvalue weighted by atomic mass is 35.5. The number of hydrogen-bond acceptors (Lipinski definition) is 2. The summed E-state index contributed by atoms with van der Waals surface area (Å²) in [7, 11) is 0. The van der Waals surface area contributed by atoms with Gasteiger partial charge in [0.05, 0.1) is 5.75 Å². The van der Waals surface area contributed by atoms with Crippen LogP contribution in [-0.4, -0.2) is 28.6 Å². The van der Waals surface area contributed by atoms with Crippen LogP contribution in [-0.2, 0) is 4.79 Å². The molecule has 4 heteroatoms. The molecule has 0 unspecified atom stereocenters. The van der Waals surface area contributed by atoms with Crippen LogP contribution < -0.4 is 0 Å². The molecule has 1 heterocycles. The number of piperidine rings is 1. The zero-order chi connectivity index (χ0) is 13.8. The van der Waals surface area contributed by atoms with Crippen LogP contribution in [0.25, 0.3) is 0 Å². The number of likely N-dealkylation sites (tertiary alicyclic amines) is 1. The van der Waals surface area contributed by atoms with Crippen LogP contribution >= 0.6 is 23.4 Å². The van der Waals surface area contributed by atoms with Gasteiger partial charge >= 0.3 is 0 Å². The maximum absolute atomic E-state index is 12.3. The van der Waals surface area contributed by atoms with Gasteiger partial charge in [0.1, 0.15) is 0 Å². The minimum atomic E-state index is 0.250. The minimum Gasteiger partial charge on any atom is -0.337 e. The Morgan fingerprint density at radius 2 is 1.84 bits per heavy atom. The van der Waals surface area contributed by atoms with Crippen molar-refractivity contribution in [1.82, 2.24) is 4.90 Å². The molecule has 1 aliphatic rings. The molecular formula is C15H20ClNOS. The maximum Gasteiger partial charge on any atom is 0.233 e. The number of carbonyl (C=O) groups is 1. The first-order chi connectivity index (χ1) is 9.08. The fraction of sp³-hybridized carbons (Fsp3) is 0.533. The van der Waals surface area contributed by atoms with Crippen LogP contribution in [0.1, 0.15) is 33.1 Å². The first-order valence-corrected chi connectivity index (χ1v) is 8.14. The Kier molecular flexibility index (Phi) is 5.17. The Hall–Kier alpha value is -0.670. The number of nitrogens with zero attached hydrogens (tertiary/aromatic N) is 1. The lowest BCUT2D eigenvalue weighted by atomic mass is 9.98. The number of rotatable bonds is 3. The smallest absolute Gasteiger partial charge is 0.233 e. The maximum atomic E-state index is 12.3. The molecule has 0 aliphatic carbocycles. The predicted molar refractivity (Wildman–Crippen MR) is 81.8 cm³/mol. The molecule has 0 aromatic heterocycles. The van der Waals surface area contributed by atoms with E-state index >= 15 is 0 Å². The van der Waals surface area contributed by atoms with Crippen LogP contribution in [0.5, 0.6) is 0 Å². The Balaban J connectivity index is 1.91. The van der Waals surface area contributed by atoms with Crippen molar-refractivity contribution < 1.29 is 4.79 Å². The molecule has 1 aromatic carbocycles. The molecular weight excluding hydrogens is 278 g/mol. The van der Waals surface area contributed by atoms with Crippen molar-refractivity contribution in [3.8, 4) is 0 Å². The highest BCUT2D eigenvalue weighted by Crippen LogP contribution is 2.25. The summed E-state index contributed by atoms with van der Waals surface area (Å²) in [5.74, 6) is 0.760. The van der Waals surface area contributed by atoms with E-state index in [9.17, 15) is 4.79 Å². The van der Waals surface area contributed by atoms with Crippen LogP contribution in [0, 0.1) is 0 Å². The van der Waals surface area contributed by atoms with Crippen molar-refractivity contribution in [1.29, 1.82) is 0 Å². The lowest BCUT2D eigenvalue weighted by Crippen LogP contribution is -2.48. The van der Waals surface area contributed by atoms with Gasteiger partial charge in [-0.05, 0) is 57.4 Å². The third kappa shape index (κ3) is 3.90. The summed E-state index contributed by atoms with van der Waals surface area (Å²) in [6.07, 6.45) is 3.49. The zero-order valence-corrected chi connectivity index (χ0v) is 13.0. The summed E-state index contributed by atoms with van der Waals surface area (Å²) >= 11 is 7.44. The average Bonchev–Trinajstić information content (AvgIpc) is 2.38. The number of carbonyl (C=O) groups excluding carboxylic acids is 1. The quantitative estimate of drug-likeness (QED) is 0.779. The van der Waals surface area contributed by atoms with Crippen LogP contribution in [0.4, 0.5) is 0 Å². The van der Waals surface area contributed by atoms with E-state index < -0.39 is 0 Å². The van der Waals surface area contributed by atoms with Gasteiger partial charge in [-0.1, -0.05) is 11.6 Å². The van der Waals surface area contributed by atoms with Gasteiger partial charge < -0.3 is 4.90 Å². The van der Waals surface area contributed by atoms with Gasteiger partial charge in [-0.2, -0.15) is 0 Å². The molecule has 2 nitrogen and oxygen atoms in total. The normalized spacial score (nSPS) is 23.4. The van der Waals surface area contributed by atoms with E-state index in [1.807, 2.05) is 24.3 Å². The first kappa shape index (κ1) is 14.7. The molecule has 0 N–H and O–H groups in total. The van der Waals surface area contributed by atoms with Crippen LogP contribution in [0.3, 0.4) is 0 Å². The molecule has 1 fully saturated rings. The van der Waals surface area contributed by atoms with Crippen molar-refractivity contribution in [2.75, 3.05) is 5.75 Å². The van der Waals surface area contributed by atoms with Crippen LogP contribution in [0.2, 0.25) is 5.02 Å². The molecule has 1 amide bonds. The van der Waals surface area contributed by atoms with E-state index in [0.29, 0.717) is 17.8 Å². The standard InChI is InChI=1S/C15H20ClNOS/c1-11-4-3-5-12(2)17(11)15(18)10-19-14-8-6-13(16)7-9-14/h6-9,11-12H,3-5,10H2,1-2H3/t11-,12-/m1/s1. The summed E-state index contributed by atoms with van der Waals surface area (Å²) in [6.45, 7) is 4.31. The lowest BCUT2D eigenvalue weighted by Gasteiger charge is -2.39. The molecule has 2 rings (SSSR count). The minimum absolute atomic E-state index is 0.250. The number of amides is 1. The van der Waals surface area contributed by atoms with Gasteiger partial charge in [-0.3, -0.25) is 4.79 Å². The lowest BCUT2D eigenvalue weighted by molar-refractivity contribution is -0.134. The highest BCUT2D eigenvalue weighted by molar-refractivity contribution is 8.00. The molecule has 0 radical (unpaired) electrons. The van der Waals surface area contributed by atoms with Crippen molar-refractivity contribution in [3.63, 3.8) is 0 Å². The van der Waals surface area contributed by atoms with E-state index in [1.54, 1.807) is 11.8 Å². The van der Waals surface area contributed by atoms with Crippen LogP contribution in [0.15, 0.2) is 29.2 Å². The largest absolute Gasteiger partial charge is 0.337 e. The molecule has 0 spiro atoms. The molecule has 0 saturated carbocycles. The Bertz CT molecular complexity index is 424.